The topological polar surface area (TPSA) is 123 Å². The molecular formula is C32H49FO8. The number of carbonyl (C=O) groups excluding carboxylic acids is 2. The Morgan fingerprint density at radius 2 is 1.68 bits per heavy atom. The number of fused-ring (bicyclic) bond motifs is 5. The minimum absolute atomic E-state index is 0.00686. The number of ketones is 2. The van der Waals surface area contributed by atoms with Crippen LogP contribution in [-0.4, -0.2) is 70.2 Å². The fourth-order valence-electron chi connectivity index (χ4n) is 8.75. The number of rotatable bonds is 10. The third kappa shape index (κ3) is 4.79. The molecule has 3 fully saturated rings. The van der Waals surface area contributed by atoms with Gasteiger partial charge in [0.2, 0.25) is 0 Å². The van der Waals surface area contributed by atoms with Gasteiger partial charge in [-0.1, -0.05) is 60.1 Å². The summed E-state index contributed by atoms with van der Waals surface area (Å²) in [6.45, 7) is 14.2. The summed E-state index contributed by atoms with van der Waals surface area (Å²) in [6.07, 6.45) is 0.913. The van der Waals surface area contributed by atoms with Crippen molar-refractivity contribution in [2.75, 3.05) is 19.8 Å². The molecule has 3 N–H and O–H groups in total. The largest absolute Gasteiger partial charge is 0.411 e. The molecule has 0 bridgehead atoms. The number of halogens is 1. The van der Waals surface area contributed by atoms with Crippen molar-refractivity contribution in [3.8, 4) is 0 Å². The van der Waals surface area contributed by atoms with Crippen LogP contribution in [0.25, 0.3) is 0 Å². The van der Waals surface area contributed by atoms with Gasteiger partial charge in [0, 0.05) is 16.7 Å². The van der Waals surface area contributed by atoms with Gasteiger partial charge in [0.15, 0.2) is 17.2 Å². The minimum Gasteiger partial charge on any atom is -0.390 e. The van der Waals surface area contributed by atoms with Gasteiger partial charge >= 0.3 is 6.16 Å². The van der Waals surface area contributed by atoms with Crippen molar-refractivity contribution in [3.63, 3.8) is 0 Å². The van der Waals surface area contributed by atoms with E-state index in [1.165, 1.54) is 12.2 Å². The van der Waals surface area contributed by atoms with Crippen LogP contribution in [-0.2, 0) is 23.8 Å². The molecule has 0 aromatic carbocycles. The van der Waals surface area contributed by atoms with Crippen LogP contribution in [0.1, 0.15) is 74.7 Å². The van der Waals surface area contributed by atoms with Crippen molar-refractivity contribution in [1.82, 2.24) is 0 Å². The fourth-order valence-corrected chi connectivity index (χ4v) is 8.75. The summed E-state index contributed by atoms with van der Waals surface area (Å²) in [5, 5.41) is 33.7. The second kappa shape index (κ2) is 10.9. The van der Waals surface area contributed by atoms with Gasteiger partial charge in [-0.2, -0.15) is 0 Å². The highest BCUT2D eigenvalue weighted by atomic mass is 19.1. The first-order valence-electron chi connectivity index (χ1n) is 15.1. The average Bonchev–Trinajstić information content (AvgIpc) is 3.11. The molecule has 0 aromatic heterocycles. The van der Waals surface area contributed by atoms with E-state index in [2.05, 4.69) is 0 Å². The van der Waals surface area contributed by atoms with Gasteiger partial charge in [-0.3, -0.25) is 14.3 Å². The summed E-state index contributed by atoms with van der Waals surface area (Å²) >= 11 is 0. The van der Waals surface area contributed by atoms with Crippen molar-refractivity contribution < 1.29 is 43.5 Å². The number of aliphatic hydroxyl groups is 3. The van der Waals surface area contributed by atoms with Crippen molar-refractivity contribution in [1.29, 1.82) is 0 Å². The maximum Gasteiger partial charge on any atom is 0.411 e. The number of alkyl halides is 1. The van der Waals surface area contributed by atoms with Crippen LogP contribution < -0.4 is 0 Å². The quantitative estimate of drug-likeness (QED) is 0.330. The van der Waals surface area contributed by atoms with Crippen LogP contribution in [0.15, 0.2) is 23.8 Å². The zero-order chi connectivity index (χ0) is 30.8. The van der Waals surface area contributed by atoms with Crippen LogP contribution in [0.2, 0.25) is 0 Å². The number of carbonyl (C=O) groups is 2. The Kier molecular flexibility index (Phi) is 8.62. The first kappa shape index (κ1) is 32.4. The highest BCUT2D eigenvalue weighted by molar-refractivity contribution is 6.01. The first-order valence-corrected chi connectivity index (χ1v) is 15.1. The standard InChI is InChI=1S/C32H49FO8/c1-18(2)16-39-32(38,40-17-19(3)4)41-31(27(37)15-34)21(6)12-24-25-11-20(5)23-13-22(35)9-10-28(23,7)30(25,33)26(36)14-29(24,31)8/h9-10,13,18-21,24-26,34,36,38H,11-12,14-17H2,1-8H3/t20-,21+,24-,25-,26-,28-,29-,30-,31-/m0/s1. The van der Waals surface area contributed by atoms with Gasteiger partial charge in [-0.25, -0.2) is 4.39 Å². The van der Waals surface area contributed by atoms with Crippen molar-refractivity contribution in [2.45, 2.75) is 98.2 Å². The van der Waals surface area contributed by atoms with E-state index in [4.69, 9.17) is 14.2 Å². The van der Waals surface area contributed by atoms with Gasteiger partial charge in [-0.15, -0.1) is 0 Å². The van der Waals surface area contributed by atoms with E-state index in [1.54, 1.807) is 26.8 Å². The molecule has 0 radical (unpaired) electrons. The Morgan fingerprint density at radius 1 is 1.10 bits per heavy atom. The molecule has 4 aliphatic rings. The zero-order valence-corrected chi connectivity index (χ0v) is 25.8. The van der Waals surface area contributed by atoms with E-state index >= 15 is 4.39 Å². The van der Waals surface area contributed by atoms with E-state index in [9.17, 15) is 24.9 Å². The highest BCUT2D eigenvalue weighted by Gasteiger charge is 2.77. The predicted octanol–water partition coefficient (Wildman–Crippen LogP) is 4.11. The molecule has 0 amide bonds. The van der Waals surface area contributed by atoms with Crippen LogP contribution >= 0.6 is 0 Å². The lowest BCUT2D eigenvalue weighted by Gasteiger charge is -2.64. The maximum absolute atomic E-state index is 17.7. The third-order valence-corrected chi connectivity index (χ3v) is 10.6. The second-order valence-corrected chi connectivity index (χ2v) is 14.3. The molecule has 9 atom stereocenters. The van der Waals surface area contributed by atoms with E-state index in [1.807, 2.05) is 34.6 Å². The molecule has 0 saturated heterocycles. The van der Waals surface area contributed by atoms with Crippen LogP contribution in [0.3, 0.4) is 0 Å². The van der Waals surface area contributed by atoms with E-state index in [0.29, 0.717) is 18.4 Å². The Hall–Kier alpha value is -1.49. The monoisotopic (exact) mass is 580 g/mol. The molecule has 41 heavy (non-hydrogen) atoms. The second-order valence-electron chi connectivity index (χ2n) is 14.3. The molecule has 0 unspecified atom stereocenters. The number of allylic oxidation sites excluding steroid dienone is 4. The van der Waals surface area contributed by atoms with Crippen molar-refractivity contribution in [3.05, 3.63) is 23.8 Å². The predicted molar refractivity (Wildman–Crippen MR) is 150 cm³/mol. The molecule has 4 aliphatic carbocycles. The number of Topliss-reactive ketones (excluding diaryl/α,β-unsaturated/α-hetero) is 1. The lowest BCUT2D eigenvalue weighted by molar-refractivity contribution is -0.515. The summed E-state index contributed by atoms with van der Waals surface area (Å²) in [5.74, 6) is -2.71. The van der Waals surface area contributed by atoms with E-state index in [0.717, 1.165) is 0 Å². The van der Waals surface area contributed by atoms with Crippen LogP contribution in [0, 0.1) is 46.3 Å². The molecule has 3 saturated carbocycles. The van der Waals surface area contributed by atoms with Gasteiger partial charge in [0.25, 0.3) is 0 Å². The molecule has 0 spiro atoms. The maximum atomic E-state index is 17.7. The summed E-state index contributed by atoms with van der Waals surface area (Å²) in [6, 6.07) is 0. The lowest BCUT2D eigenvalue weighted by Crippen LogP contribution is -2.71. The average molecular weight is 581 g/mol. The number of hydrogen-bond donors (Lipinski definition) is 3. The molecule has 4 rings (SSSR count). The summed E-state index contributed by atoms with van der Waals surface area (Å²) in [7, 11) is 0. The smallest absolute Gasteiger partial charge is 0.390 e. The van der Waals surface area contributed by atoms with Crippen LogP contribution in [0.4, 0.5) is 4.39 Å². The first-order chi connectivity index (χ1) is 18.9. The van der Waals surface area contributed by atoms with E-state index in [-0.39, 0.29) is 43.2 Å². The Labute approximate surface area is 243 Å². The number of ether oxygens (including phenoxy) is 3. The van der Waals surface area contributed by atoms with Gasteiger partial charge in [0.05, 0.1) is 19.3 Å². The Morgan fingerprint density at radius 3 is 2.22 bits per heavy atom. The summed E-state index contributed by atoms with van der Waals surface area (Å²) in [5.41, 5.74) is -5.67. The lowest BCUT2D eigenvalue weighted by atomic mass is 9.43. The molecule has 0 aliphatic heterocycles. The zero-order valence-electron chi connectivity index (χ0n) is 25.8. The van der Waals surface area contributed by atoms with E-state index < -0.39 is 64.5 Å². The minimum atomic E-state index is -2.60. The third-order valence-electron chi connectivity index (χ3n) is 10.6. The van der Waals surface area contributed by atoms with Crippen molar-refractivity contribution >= 4 is 11.6 Å². The van der Waals surface area contributed by atoms with Gasteiger partial charge < -0.3 is 24.8 Å². The Bertz CT molecular complexity index is 1090. The van der Waals surface area contributed by atoms with Gasteiger partial charge in [0.1, 0.15) is 12.2 Å². The number of aliphatic hydroxyl groups excluding tert-OH is 2. The summed E-state index contributed by atoms with van der Waals surface area (Å²) < 4.78 is 35.6. The highest BCUT2D eigenvalue weighted by Crippen LogP contribution is 2.72. The normalized spacial score (nSPS) is 42.2. The number of hydrogen-bond acceptors (Lipinski definition) is 8. The summed E-state index contributed by atoms with van der Waals surface area (Å²) in [4.78, 5) is 26.1. The fraction of sp³-hybridized carbons (Fsp3) is 0.812. The SMILES string of the molecule is CC(C)COC(O)(OCC(C)C)O[C@]1(C(=O)CO)[C@H](C)C[C@H]2[C@@H]3C[C@H](C)C4=CC(=O)C=C[C@]4(C)[C@@]3(F)[C@@H](O)C[C@@]21C. The molecule has 8 nitrogen and oxygen atoms in total. The molecule has 9 heteroatoms. The molecule has 0 heterocycles. The molecule has 232 valence electrons. The van der Waals surface area contributed by atoms with Gasteiger partial charge in [-0.05, 0) is 67.9 Å². The molecule has 0 aromatic rings. The molecular weight excluding hydrogens is 531 g/mol. The van der Waals surface area contributed by atoms with Crippen molar-refractivity contribution in [2.24, 2.45) is 46.3 Å². The van der Waals surface area contributed by atoms with Crippen LogP contribution in [0.5, 0.6) is 0 Å². The Balaban J connectivity index is 1.83.